The van der Waals surface area contributed by atoms with E-state index in [9.17, 15) is 9.59 Å². The highest BCUT2D eigenvalue weighted by Gasteiger charge is 2.37. The highest BCUT2D eigenvalue weighted by atomic mass is 16.5. The molecule has 0 radical (unpaired) electrons. The number of amides is 1. The van der Waals surface area contributed by atoms with Crippen LogP contribution in [0.15, 0.2) is 4.52 Å². The average molecular weight is 386 g/mol. The number of Topliss-reactive ketones (excluding diaryl/α,β-unsaturated/α-hetero) is 1. The summed E-state index contributed by atoms with van der Waals surface area (Å²) in [5, 5.41) is 6.67. The molecular formula is C21H30N4O3. The number of ketones is 1. The van der Waals surface area contributed by atoms with Crippen molar-refractivity contribution in [1.82, 2.24) is 20.0 Å². The fourth-order valence-electron chi connectivity index (χ4n) is 4.15. The van der Waals surface area contributed by atoms with Crippen molar-refractivity contribution in [2.75, 3.05) is 0 Å². The Morgan fingerprint density at radius 2 is 2.04 bits per heavy atom. The van der Waals surface area contributed by atoms with Gasteiger partial charge in [-0.05, 0) is 44.6 Å². The summed E-state index contributed by atoms with van der Waals surface area (Å²) in [6.07, 6.45) is 2.53. The Kier molecular flexibility index (Phi) is 5.46. The van der Waals surface area contributed by atoms with Gasteiger partial charge in [0.2, 0.25) is 11.8 Å². The maximum atomic E-state index is 12.9. The number of aromatic nitrogens is 3. The number of rotatable bonds is 6. The van der Waals surface area contributed by atoms with Crippen LogP contribution in [-0.4, -0.2) is 26.4 Å². The van der Waals surface area contributed by atoms with Crippen molar-refractivity contribution >= 4 is 11.7 Å². The van der Waals surface area contributed by atoms with Gasteiger partial charge in [0.15, 0.2) is 11.6 Å². The third kappa shape index (κ3) is 3.88. The van der Waals surface area contributed by atoms with E-state index in [1.165, 1.54) is 0 Å². The number of fused-ring (bicyclic) bond motifs is 1. The first-order valence-electron chi connectivity index (χ1n) is 9.96. The van der Waals surface area contributed by atoms with E-state index >= 15 is 0 Å². The lowest BCUT2D eigenvalue weighted by Crippen LogP contribution is -2.30. The van der Waals surface area contributed by atoms with Gasteiger partial charge < -0.3 is 14.4 Å². The first-order chi connectivity index (χ1) is 13.1. The number of nitrogens with one attached hydrogen (secondary N) is 1. The van der Waals surface area contributed by atoms with E-state index in [-0.39, 0.29) is 29.6 Å². The molecule has 2 aromatic heterocycles. The van der Waals surface area contributed by atoms with E-state index in [0.29, 0.717) is 18.1 Å². The number of carbonyl (C=O) groups is 2. The molecule has 152 valence electrons. The zero-order valence-corrected chi connectivity index (χ0v) is 17.7. The first kappa shape index (κ1) is 20.3. The van der Waals surface area contributed by atoms with E-state index < -0.39 is 0 Å². The Bertz CT molecular complexity index is 907. The summed E-state index contributed by atoms with van der Waals surface area (Å²) in [7, 11) is 0. The molecule has 1 atom stereocenters. The van der Waals surface area contributed by atoms with Gasteiger partial charge in [-0.3, -0.25) is 9.59 Å². The molecule has 7 nitrogen and oxygen atoms in total. The highest BCUT2D eigenvalue weighted by Crippen LogP contribution is 2.39. The molecule has 0 bridgehead atoms. The van der Waals surface area contributed by atoms with Crippen LogP contribution in [0, 0.1) is 19.3 Å². The van der Waals surface area contributed by atoms with Crippen molar-refractivity contribution in [3.8, 4) is 0 Å². The Balaban J connectivity index is 1.87. The van der Waals surface area contributed by atoms with Gasteiger partial charge in [0, 0.05) is 29.9 Å². The molecule has 0 saturated carbocycles. The molecule has 0 saturated heterocycles. The second-order valence-corrected chi connectivity index (χ2v) is 8.62. The summed E-state index contributed by atoms with van der Waals surface area (Å²) in [5.41, 5.74) is 3.68. The predicted molar refractivity (Wildman–Crippen MR) is 105 cm³/mol. The van der Waals surface area contributed by atoms with Gasteiger partial charge in [-0.1, -0.05) is 25.9 Å². The van der Waals surface area contributed by atoms with Crippen molar-refractivity contribution < 1.29 is 14.1 Å². The van der Waals surface area contributed by atoms with Crippen molar-refractivity contribution in [2.45, 2.75) is 79.8 Å². The largest absolute Gasteiger partial charge is 0.348 e. The van der Waals surface area contributed by atoms with Gasteiger partial charge in [-0.15, -0.1) is 0 Å². The molecule has 1 aliphatic rings. The van der Waals surface area contributed by atoms with Crippen LogP contribution < -0.4 is 5.32 Å². The number of carbonyl (C=O) groups excluding carboxylic acids is 2. The Morgan fingerprint density at radius 3 is 2.64 bits per heavy atom. The third-order valence-electron chi connectivity index (χ3n) is 5.40. The Morgan fingerprint density at radius 1 is 1.32 bits per heavy atom. The monoisotopic (exact) mass is 386 g/mol. The van der Waals surface area contributed by atoms with E-state index in [1.807, 2.05) is 13.8 Å². The molecule has 1 N–H and O–H groups in total. The van der Waals surface area contributed by atoms with Crippen molar-refractivity contribution in [2.24, 2.45) is 5.41 Å². The SMILES string of the molecule is CCCn1c(C)c(CC(=O)N[C@@H](C)c2nc(C)no2)c2c1CC(C)(C)CC2=O. The maximum Gasteiger partial charge on any atom is 0.248 e. The van der Waals surface area contributed by atoms with Gasteiger partial charge in [0.25, 0.3) is 0 Å². The lowest BCUT2D eigenvalue weighted by molar-refractivity contribution is -0.121. The average Bonchev–Trinajstić information content (AvgIpc) is 3.12. The van der Waals surface area contributed by atoms with Crippen LogP contribution in [0.4, 0.5) is 0 Å². The second-order valence-electron chi connectivity index (χ2n) is 8.62. The fourth-order valence-corrected chi connectivity index (χ4v) is 4.15. The topological polar surface area (TPSA) is 90.0 Å². The molecule has 0 spiro atoms. The first-order valence-corrected chi connectivity index (χ1v) is 9.96. The lowest BCUT2D eigenvalue weighted by atomic mass is 9.75. The zero-order valence-electron chi connectivity index (χ0n) is 17.7. The summed E-state index contributed by atoms with van der Waals surface area (Å²) in [6, 6.07) is -0.378. The molecule has 0 unspecified atom stereocenters. The standard InChI is InChI=1S/C21H30N4O3/c1-7-8-25-13(3)15(19-16(25)10-21(5,6)11-17(19)26)9-18(27)22-12(2)20-23-14(4)24-28-20/h12H,7-11H2,1-6H3,(H,22,27)/t12-/m0/s1. The quantitative estimate of drug-likeness (QED) is 0.821. The summed E-state index contributed by atoms with van der Waals surface area (Å²) >= 11 is 0. The molecule has 1 aliphatic carbocycles. The number of nitrogens with zero attached hydrogens (tertiary/aromatic N) is 3. The molecule has 0 aromatic carbocycles. The Labute approximate surface area is 165 Å². The van der Waals surface area contributed by atoms with Gasteiger partial charge in [-0.2, -0.15) is 4.98 Å². The van der Waals surface area contributed by atoms with Crippen molar-refractivity contribution in [3.05, 3.63) is 34.2 Å². The van der Waals surface area contributed by atoms with Crippen LogP contribution in [0.5, 0.6) is 0 Å². The summed E-state index contributed by atoms with van der Waals surface area (Å²) in [6.45, 7) is 12.8. The van der Waals surface area contributed by atoms with Crippen LogP contribution in [0.2, 0.25) is 0 Å². The number of aryl methyl sites for hydroxylation is 1. The normalized spacial score (nSPS) is 16.7. The summed E-state index contributed by atoms with van der Waals surface area (Å²) in [4.78, 5) is 29.8. The van der Waals surface area contributed by atoms with Crippen LogP contribution >= 0.6 is 0 Å². The van der Waals surface area contributed by atoms with Crippen LogP contribution in [0.1, 0.15) is 85.6 Å². The van der Waals surface area contributed by atoms with E-state index in [0.717, 1.165) is 41.9 Å². The third-order valence-corrected chi connectivity index (χ3v) is 5.40. The van der Waals surface area contributed by atoms with Gasteiger partial charge in [0.1, 0.15) is 6.04 Å². The minimum absolute atomic E-state index is 0.0514. The second kappa shape index (κ2) is 7.53. The van der Waals surface area contributed by atoms with Crippen LogP contribution in [0.3, 0.4) is 0 Å². The fraction of sp³-hybridized carbons (Fsp3) is 0.619. The van der Waals surface area contributed by atoms with Gasteiger partial charge in [-0.25, -0.2) is 0 Å². The van der Waals surface area contributed by atoms with Crippen LogP contribution in [0.25, 0.3) is 0 Å². The molecule has 2 aromatic rings. The molecule has 0 fully saturated rings. The molecule has 2 heterocycles. The van der Waals surface area contributed by atoms with E-state index in [1.54, 1.807) is 6.92 Å². The minimum atomic E-state index is -0.378. The van der Waals surface area contributed by atoms with Crippen molar-refractivity contribution in [1.29, 1.82) is 0 Å². The van der Waals surface area contributed by atoms with Gasteiger partial charge in [0.05, 0.1) is 6.42 Å². The predicted octanol–water partition coefficient (Wildman–Crippen LogP) is 3.47. The molecular weight excluding hydrogens is 356 g/mol. The molecule has 28 heavy (non-hydrogen) atoms. The van der Waals surface area contributed by atoms with Crippen LogP contribution in [-0.2, 0) is 24.2 Å². The lowest BCUT2D eigenvalue weighted by Gasteiger charge is -2.30. The number of hydrogen-bond acceptors (Lipinski definition) is 5. The van der Waals surface area contributed by atoms with E-state index in [4.69, 9.17) is 4.52 Å². The summed E-state index contributed by atoms with van der Waals surface area (Å²) in [5.74, 6) is 0.907. The molecule has 0 aliphatic heterocycles. The Hall–Kier alpha value is -2.44. The molecule has 1 amide bonds. The van der Waals surface area contributed by atoms with Gasteiger partial charge >= 0.3 is 0 Å². The minimum Gasteiger partial charge on any atom is -0.348 e. The molecule has 3 rings (SSSR count). The summed E-state index contributed by atoms with van der Waals surface area (Å²) < 4.78 is 7.37. The zero-order chi connectivity index (χ0) is 20.6. The number of hydrogen-bond donors (Lipinski definition) is 1. The maximum absolute atomic E-state index is 12.9. The smallest absolute Gasteiger partial charge is 0.248 e. The van der Waals surface area contributed by atoms with E-state index in [2.05, 4.69) is 40.8 Å². The highest BCUT2D eigenvalue weighted by molar-refractivity contribution is 6.01. The van der Waals surface area contributed by atoms with Crippen molar-refractivity contribution in [3.63, 3.8) is 0 Å². The molecule has 7 heteroatoms.